The smallest absolute Gasteiger partial charge is 0 e. The summed E-state index contributed by atoms with van der Waals surface area (Å²) in [6, 6.07) is -0.443. The fourth-order valence-corrected chi connectivity index (χ4v) is 9.17. The van der Waals surface area contributed by atoms with Crippen molar-refractivity contribution in [3.63, 3.8) is 0 Å². The number of nitrogens with zero attached hydrogens (tertiary/aromatic N) is 1. The van der Waals surface area contributed by atoms with Crippen molar-refractivity contribution < 1.29 is 136 Å². The van der Waals surface area contributed by atoms with Crippen molar-refractivity contribution in [2.75, 3.05) is 27.8 Å². The zero-order valence-electron chi connectivity index (χ0n) is 39.4. The Bertz CT molecular complexity index is 1460. The van der Waals surface area contributed by atoms with Gasteiger partial charge in [0.25, 0.3) is 0 Å². The number of esters is 3. The van der Waals surface area contributed by atoms with Crippen LogP contribution < -0.4 is 0 Å². The van der Waals surface area contributed by atoms with E-state index in [4.69, 9.17) is 37.9 Å². The van der Waals surface area contributed by atoms with Crippen LogP contribution in [0.15, 0.2) is 0 Å². The number of aliphatic hydroxyl groups excluding tert-OH is 2. The number of cyclic esters (lactones) is 1. The molecule has 63 heavy (non-hydrogen) atoms. The van der Waals surface area contributed by atoms with Crippen molar-refractivity contribution in [1.29, 1.82) is 0 Å². The molecule has 3 aliphatic heterocycles. The Morgan fingerprint density at radius 1 is 0.857 bits per heavy atom. The summed E-state index contributed by atoms with van der Waals surface area (Å²) in [5, 5.41) is 46.8. The third kappa shape index (κ3) is 15.9. The van der Waals surface area contributed by atoms with Crippen LogP contribution in [0.1, 0.15) is 115 Å². The largest absolute Gasteiger partial charge is 0 e. The number of carbonyl (C=O) groups excluding carboxylic acids is 4. The Balaban J connectivity index is 0.0000128. The van der Waals surface area contributed by atoms with Gasteiger partial charge in [0, 0.05) is 89.8 Å². The first-order valence-electron chi connectivity index (χ1n) is 21.5. The van der Waals surface area contributed by atoms with Crippen LogP contribution >= 0.6 is 0 Å². The van der Waals surface area contributed by atoms with Crippen molar-refractivity contribution in [3.05, 3.63) is 0 Å². The number of ether oxygens (including phenoxy) is 8. The Morgan fingerprint density at radius 2 is 1.44 bits per heavy atom. The minimum atomic E-state index is -2.04. The van der Waals surface area contributed by atoms with E-state index in [9.17, 15) is 39.6 Å². The van der Waals surface area contributed by atoms with Crippen molar-refractivity contribution in [3.8, 4) is 0 Å². The molecule has 360 valence electrons. The van der Waals surface area contributed by atoms with Gasteiger partial charge in [-0.3, -0.25) is 19.2 Å². The zero-order valence-corrected chi connectivity index (χ0v) is 44.0. The number of methoxy groups -OCH3 is 1. The van der Waals surface area contributed by atoms with E-state index in [2.05, 4.69) is 0 Å². The minimum absolute atomic E-state index is 0. The van der Waals surface area contributed by atoms with E-state index >= 15 is 0 Å². The van der Waals surface area contributed by atoms with Gasteiger partial charge < -0.3 is 63.2 Å². The predicted molar refractivity (Wildman–Crippen MR) is 226 cm³/mol. The van der Waals surface area contributed by atoms with Gasteiger partial charge in [0.1, 0.15) is 23.6 Å². The molecule has 3 heterocycles. The number of ketones is 1. The quantitative estimate of drug-likeness (QED) is 0.123. The molecule has 0 aromatic rings. The second kappa shape index (κ2) is 26.9. The van der Waals surface area contributed by atoms with Crippen molar-refractivity contribution in [2.24, 2.45) is 23.7 Å². The van der Waals surface area contributed by atoms with Crippen molar-refractivity contribution in [1.82, 2.24) is 4.90 Å². The summed E-state index contributed by atoms with van der Waals surface area (Å²) in [5.41, 5.74) is -5.06. The van der Waals surface area contributed by atoms with Gasteiger partial charge in [-0.05, 0) is 81.8 Å². The maximum atomic E-state index is 14.3. The fourth-order valence-electron chi connectivity index (χ4n) is 9.17. The van der Waals surface area contributed by atoms with Crippen LogP contribution in [-0.2, 0) is 116 Å². The monoisotopic (exact) mass is 1070 g/mol. The van der Waals surface area contributed by atoms with Crippen LogP contribution in [0.2, 0.25) is 0 Å². The molecule has 3 saturated heterocycles. The predicted octanol–water partition coefficient (Wildman–Crippen LogP) is 1.49. The van der Waals surface area contributed by atoms with E-state index in [1.807, 2.05) is 25.9 Å². The van der Waals surface area contributed by atoms with Gasteiger partial charge in [-0.15, -0.1) is 0 Å². The Morgan fingerprint density at radius 3 is 1.98 bits per heavy atom. The number of rotatable bonds is 12. The molecule has 3 fully saturated rings. The van der Waals surface area contributed by atoms with Crippen LogP contribution in [0.25, 0.3) is 0 Å². The molecule has 0 bridgehead atoms. The van der Waals surface area contributed by atoms with Gasteiger partial charge in [-0.25, -0.2) is 0 Å². The van der Waals surface area contributed by atoms with E-state index in [1.54, 1.807) is 48.5 Å². The average molecular weight is 1070 g/mol. The average Bonchev–Trinajstić information content (AvgIpc) is 3.17. The van der Waals surface area contributed by atoms with Gasteiger partial charge in [-0.1, -0.05) is 27.7 Å². The van der Waals surface area contributed by atoms with Crippen molar-refractivity contribution >= 4 is 43.5 Å². The van der Waals surface area contributed by atoms with E-state index in [1.165, 1.54) is 27.9 Å². The Kier molecular flexibility index (Phi) is 27.0. The number of Topliss-reactive ketones (excluding diaryl/α,β-unsaturated/α-hetero) is 1. The molecular formula is C43H78GaNO16ScY. The molecule has 3 aliphatic rings. The second-order valence-electron chi connectivity index (χ2n) is 18.2. The number of carbonyl (C=O) groups is 4. The molecule has 4 N–H and O–H groups in total. The van der Waals surface area contributed by atoms with Crippen LogP contribution in [-0.4, -0.2) is 181 Å². The van der Waals surface area contributed by atoms with E-state index in [0.717, 1.165) is 0 Å². The second-order valence-corrected chi connectivity index (χ2v) is 18.2. The summed E-state index contributed by atoms with van der Waals surface area (Å²) in [5.74, 6) is -6.64. The van der Waals surface area contributed by atoms with Gasteiger partial charge in [-0.2, -0.15) is 0 Å². The number of likely N-dealkylation sites (N-methyl/N-ethyl adjacent to an activating group) is 1. The number of aliphatic hydroxyl groups is 4. The first-order chi connectivity index (χ1) is 27.8. The third-order valence-electron chi connectivity index (χ3n) is 12.9. The molecule has 0 amide bonds. The number of hydrogen-bond donors (Lipinski definition) is 4. The van der Waals surface area contributed by atoms with Crippen molar-refractivity contribution in [2.45, 2.75) is 199 Å². The summed E-state index contributed by atoms with van der Waals surface area (Å²) in [7, 11) is 5.09. The molecule has 0 saturated carbocycles. The SMILES string of the molecule is CCOC(=O)CCC(=O)O[C@H]1[C@H](O[C@@H]2[C@@H](C)[C@H](O[C@H]3C[C@@](C)(OC)[C@@H](O)[C@H](C)O3)[C@@H](C)C(=O)O[C@H](CC)[C@@](C)(O)[C@H](O)[C@@H](C)C(=O)[C@H](C)C[C@@]2(C)O)O[C@H](C)C[C@@H]1N(C)C.[GaH3].[Sc].[Y]. The standard InChI is InChI=1S/C43H75NO16.Ga.Sc.Y.3H/c1-15-29-43(11,52)36(48)24(5)33(47)22(3)20-41(9,51)38(25(6)34(26(7)39(50)57-29)59-32-21-42(10,53-14)37(49)27(8)56-32)60-40-35(28(44(12)13)19-23(4)55-40)58-31(46)18-17-30(45)54-16-2;;;;;;/h22-29,32,34-38,40,48-49,51-52H,15-21H2,1-14H3;;;;;;/t22-,23-,24+,25+,26-,27+,28+,29-,32+,34+,35-,36-,37+,38-,40+,41-,42-,43-;;;;;;/m1....../s1. The molecule has 17 nitrogen and oxygen atoms in total. The summed E-state index contributed by atoms with van der Waals surface area (Å²) in [6.45, 7) is 17.9. The van der Waals surface area contributed by atoms with Gasteiger partial charge in [0.2, 0.25) is 0 Å². The van der Waals surface area contributed by atoms with Crippen LogP contribution in [0.5, 0.6) is 0 Å². The normalized spacial score (nSPS) is 41.7. The molecule has 18 atom stereocenters. The maximum absolute atomic E-state index is 14.3. The maximum Gasteiger partial charge on any atom is 0 e. The van der Waals surface area contributed by atoms with Crippen LogP contribution in [0.3, 0.4) is 0 Å². The summed E-state index contributed by atoms with van der Waals surface area (Å²) in [4.78, 5) is 55.6. The Labute approximate surface area is 431 Å². The van der Waals surface area contributed by atoms with Gasteiger partial charge in [0.15, 0.2) is 18.7 Å². The molecule has 0 aromatic carbocycles. The first kappa shape index (κ1) is 63.3. The fraction of sp³-hybridized carbons (Fsp3) is 0.907. The molecule has 0 unspecified atom stereocenters. The molecular weight excluding hydrogens is 990 g/mol. The Hall–Kier alpha value is 0.290. The summed E-state index contributed by atoms with van der Waals surface area (Å²) < 4.78 is 48.8. The van der Waals surface area contributed by atoms with E-state index in [-0.39, 0.29) is 117 Å². The molecule has 0 spiro atoms. The zero-order chi connectivity index (χ0) is 45.7. The van der Waals surface area contributed by atoms with E-state index in [0.29, 0.717) is 6.42 Å². The molecule has 2 radical (unpaired) electrons. The van der Waals surface area contributed by atoms with Gasteiger partial charge in [0.05, 0.1) is 73.1 Å². The minimum Gasteiger partial charge on any atom is 0 e. The van der Waals surface area contributed by atoms with Gasteiger partial charge >= 0.3 is 37.7 Å². The topological polar surface area (TPSA) is 226 Å². The molecule has 0 aliphatic carbocycles. The van der Waals surface area contributed by atoms with E-state index < -0.39 is 132 Å². The molecule has 0 aromatic heterocycles. The third-order valence-corrected chi connectivity index (χ3v) is 12.9. The molecule has 20 heteroatoms. The summed E-state index contributed by atoms with van der Waals surface area (Å²) >= 11 is 0. The molecule has 3 rings (SSSR count). The first-order valence-corrected chi connectivity index (χ1v) is 21.5. The van der Waals surface area contributed by atoms with Crippen LogP contribution in [0, 0.1) is 23.7 Å². The van der Waals surface area contributed by atoms with Crippen LogP contribution in [0.4, 0.5) is 0 Å². The summed E-state index contributed by atoms with van der Waals surface area (Å²) in [6.07, 6.45) is -11.1. The number of hydrogen-bond acceptors (Lipinski definition) is 17.